The fourth-order valence-electron chi connectivity index (χ4n) is 6.29. The van der Waals surface area contributed by atoms with Crippen LogP contribution in [0.5, 0.6) is 5.75 Å². The lowest BCUT2D eigenvalue weighted by Gasteiger charge is -2.34. The van der Waals surface area contributed by atoms with E-state index in [0.717, 1.165) is 31.7 Å². The fraction of sp³-hybridized carbons (Fsp3) is 0.438. The summed E-state index contributed by atoms with van der Waals surface area (Å²) in [4.78, 5) is 46.2. The predicted octanol–water partition coefficient (Wildman–Crippen LogP) is 5.67. The molecule has 0 unspecified atom stereocenters. The molecule has 12 nitrogen and oxygen atoms in total. The van der Waals surface area contributed by atoms with Gasteiger partial charge in [0.2, 0.25) is 5.95 Å². The van der Waals surface area contributed by atoms with E-state index >= 15 is 0 Å². The number of rotatable bonds is 12. The van der Waals surface area contributed by atoms with Gasteiger partial charge in [0.1, 0.15) is 17.0 Å². The number of carbonyl (C=O) groups excluding carboxylic acids is 1. The van der Waals surface area contributed by atoms with Crippen LogP contribution in [0.4, 0.5) is 24.8 Å². The number of aliphatic carboxylic acids is 1. The fourth-order valence-corrected chi connectivity index (χ4v) is 6.29. The van der Waals surface area contributed by atoms with E-state index in [0.29, 0.717) is 37.2 Å². The summed E-state index contributed by atoms with van der Waals surface area (Å²) >= 11 is 0. The third kappa shape index (κ3) is 7.14. The van der Waals surface area contributed by atoms with Crippen molar-refractivity contribution in [1.82, 2.24) is 24.9 Å². The summed E-state index contributed by atoms with van der Waals surface area (Å²) < 4.78 is 53.0. The number of ether oxygens (including phenoxy) is 2. The lowest BCUT2D eigenvalue weighted by molar-refractivity contribution is -0.139. The van der Waals surface area contributed by atoms with E-state index in [1.165, 1.54) is 24.5 Å². The van der Waals surface area contributed by atoms with Crippen molar-refractivity contribution in [3.05, 3.63) is 53.6 Å². The molecule has 0 spiro atoms. The van der Waals surface area contributed by atoms with E-state index in [1.54, 1.807) is 13.2 Å². The maximum Gasteiger partial charge on any atom is 0.418 e. The minimum absolute atomic E-state index is 0.0170. The molecular formula is C32H34F3N7O5. The van der Waals surface area contributed by atoms with E-state index in [-0.39, 0.29) is 51.3 Å². The van der Waals surface area contributed by atoms with Gasteiger partial charge in [0.05, 0.1) is 35.4 Å². The highest BCUT2D eigenvalue weighted by Gasteiger charge is 2.40. The zero-order chi connectivity index (χ0) is 33.3. The van der Waals surface area contributed by atoms with Crippen LogP contribution in [0.25, 0.3) is 22.4 Å². The van der Waals surface area contributed by atoms with Crippen molar-refractivity contribution in [3.63, 3.8) is 0 Å². The van der Waals surface area contributed by atoms with Gasteiger partial charge in [-0.25, -0.2) is 14.8 Å². The summed E-state index contributed by atoms with van der Waals surface area (Å²) in [6, 6.07) is 5.61. The molecule has 4 aromatic heterocycles. The molecular weight excluding hydrogens is 619 g/mol. The van der Waals surface area contributed by atoms with Crippen molar-refractivity contribution in [3.8, 4) is 17.0 Å². The van der Waals surface area contributed by atoms with Crippen LogP contribution in [0.1, 0.15) is 66.2 Å². The minimum Gasteiger partial charge on any atom is -0.480 e. The van der Waals surface area contributed by atoms with Crippen molar-refractivity contribution < 1.29 is 37.3 Å². The Balaban J connectivity index is 1.36. The number of nitrogens with zero attached hydrogens (tertiary/aromatic N) is 5. The molecule has 2 aliphatic rings. The summed E-state index contributed by atoms with van der Waals surface area (Å²) in [7, 11) is 3.58. The molecule has 2 aliphatic carbocycles. The zero-order valence-corrected chi connectivity index (χ0v) is 25.9. The lowest BCUT2D eigenvalue weighted by Crippen LogP contribution is -2.37. The number of anilines is 2. The SMILES string of the molecule is COCC1(CN(C)c2cc(-c3cnc(C4CC4)c(C(F)(F)F)c3)nc3nc(NC(=O)c4ccc(OCC(=O)O)cn4)[nH]c23)CCCC1. The van der Waals surface area contributed by atoms with Gasteiger partial charge in [0.25, 0.3) is 5.91 Å². The highest BCUT2D eigenvalue weighted by Crippen LogP contribution is 2.46. The first-order chi connectivity index (χ1) is 22.4. The number of amides is 1. The maximum absolute atomic E-state index is 14.1. The van der Waals surface area contributed by atoms with E-state index in [2.05, 4.69) is 30.2 Å². The Hall–Kier alpha value is -4.79. The lowest BCUT2D eigenvalue weighted by atomic mass is 9.86. The normalized spacial score (nSPS) is 15.9. The number of nitrogens with one attached hydrogen (secondary N) is 2. The second-order valence-electron chi connectivity index (χ2n) is 12.3. The molecule has 47 heavy (non-hydrogen) atoms. The standard InChI is InChI=1S/C32H34F3N7O5/c1-42(16-31(17-46-2)9-3-4-10-31)24-12-23(19-11-21(32(33,34)35)26(37-13-19)18-5-6-18)38-28-27(24)39-30(40-28)41-29(45)22-8-7-20(14-36-22)47-15-25(43)44/h7-8,11-14,18H,3-6,9-10,15-17H2,1-2H3,(H,43,44)(H2,38,39,40,41,45). The van der Waals surface area contributed by atoms with Gasteiger partial charge in [-0.2, -0.15) is 18.2 Å². The number of carboxylic acid groups (broad SMARTS) is 1. The highest BCUT2D eigenvalue weighted by atomic mass is 19.4. The smallest absolute Gasteiger partial charge is 0.418 e. The minimum atomic E-state index is -4.57. The van der Waals surface area contributed by atoms with Gasteiger partial charge in [-0.1, -0.05) is 12.8 Å². The van der Waals surface area contributed by atoms with Gasteiger partial charge in [-0.05, 0) is 49.9 Å². The summed E-state index contributed by atoms with van der Waals surface area (Å²) in [5.41, 5.74) is 0.992. The van der Waals surface area contributed by atoms with Crippen molar-refractivity contribution in [1.29, 1.82) is 0 Å². The maximum atomic E-state index is 14.1. The number of halogens is 3. The summed E-state index contributed by atoms with van der Waals surface area (Å²) in [6.45, 7) is 0.632. The second-order valence-corrected chi connectivity index (χ2v) is 12.3. The van der Waals surface area contributed by atoms with Crippen molar-refractivity contribution in [2.75, 3.05) is 44.1 Å². The number of H-pyrrole nitrogens is 1. The average molecular weight is 654 g/mol. The number of aromatic amines is 1. The summed E-state index contributed by atoms with van der Waals surface area (Å²) in [5.74, 6) is -1.71. The summed E-state index contributed by atoms with van der Waals surface area (Å²) in [6.07, 6.45) is 3.55. The Labute approximate surface area is 267 Å². The van der Waals surface area contributed by atoms with Gasteiger partial charge in [-0.15, -0.1) is 0 Å². The van der Waals surface area contributed by atoms with Crippen LogP contribution in [0.3, 0.4) is 0 Å². The number of hydrogen-bond acceptors (Lipinski definition) is 9. The van der Waals surface area contributed by atoms with Crippen LogP contribution in [0.15, 0.2) is 36.7 Å². The number of fused-ring (bicyclic) bond motifs is 1. The quantitative estimate of drug-likeness (QED) is 0.174. The first-order valence-electron chi connectivity index (χ1n) is 15.2. The van der Waals surface area contributed by atoms with Crippen molar-refractivity contribution >= 4 is 34.7 Å². The molecule has 4 aromatic rings. The van der Waals surface area contributed by atoms with Gasteiger partial charge >= 0.3 is 12.1 Å². The van der Waals surface area contributed by atoms with E-state index in [9.17, 15) is 22.8 Å². The molecule has 0 aromatic carbocycles. The molecule has 0 saturated heterocycles. The van der Waals surface area contributed by atoms with Gasteiger partial charge in [-0.3, -0.25) is 15.1 Å². The second kappa shape index (κ2) is 12.8. The first-order valence-corrected chi connectivity index (χ1v) is 15.2. The zero-order valence-electron chi connectivity index (χ0n) is 25.9. The van der Waals surface area contributed by atoms with Crippen molar-refractivity contribution in [2.24, 2.45) is 5.41 Å². The Morgan fingerprint density at radius 3 is 2.53 bits per heavy atom. The van der Waals surface area contributed by atoms with Gasteiger partial charge in [0.15, 0.2) is 12.3 Å². The first kappa shape index (κ1) is 32.2. The molecule has 4 heterocycles. The summed E-state index contributed by atoms with van der Waals surface area (Å²) in [5, 5.41) is 11.4. The van der Waals surface area contributed by atoms with Crippen LogP contribution in [0, 0.1) is 5.41 Å². The number of methoxy groups -OCH3 is 1. The molecule has 248 valence electrons. The van der Waals surface area contributed by atoms with Crippen LogP contribution in [0.2, 0.25) is 0 Å². The van der Waals surface area contributed by atoms with Crippen LogP contribution >= 0.6 is 0 Å². The Morgan fingerprint density at radius 2 is 1.89 bits per heavy atom. The topological polar surface area (TPSA) is 155 Å². The molecule has 2 fully saturated rings. The van der Waals surface area contributed by atoms with Crippen LogP contribution in [-0.4, -0.2) is 75.8 Å². The Bertz CT molecular complexity index is 1780. The molecule has 0 atom stereocenters. The van der Waals surface area contributed by atoms with Gasteiger partial charge in [0, 0.05) is 43.8 Å². The van der Waals surface area contributed by atoms with Crippen LogP contribution < -0.4 is 15.0 Å². The highest BCUT2D eigenvalue weighted by molar-refractivity contribution is 6.03. The van der Waals surface area contributed by atoms with E-state index in [4.69, 9.17) is 14.6 Å². The number of hydrogen-bond donors (Lipinski definition) is 3. The molecule has 0 bridgehead atoms. The predicted molar refractivity (Wildman–Crippen MR) is 165 cm³/mol. The van der Waals surface area contributed by atoms with E-state index < -0.39 is 30.2 Å². The van der Waals surface area contributed by atoms with Crippen molar-refractivity contribution in [2.45, 2.75) is 50.6 Å². The molecule has 2 saturated carbocycles. The Kier molecular flexibility index (Phi) is 8.74. The molecule has 1 amide bonds. The number of pyridine rings is 3. The number of carbonyl (C=O) groups is 2. The molecule has 0 aliphatic heterocycles. The third-order valence-electron chi connectivity index (χ3n) is 8.59. The number of alkyl halides is 3. The van der Waals surface area contributed by atoms with E-state index in [1.807, 2.05) is 11.9 Å². The average Bonchev–Trinajstić information content (AvgIpc) is 3.65. The van der Waals surface area contributed by atoms with Gasteiger partial charge < -0.3 is 24.5 Å². The number of carboxylic acids is 1. The number of aromatic nitrogens is 5. The third-order valence-corrected chi connectivity index (χ3v) is 8.59. The Morgan fingerprint density at radius 1 is 1.13 bits per heavy atom. The monoisotopic (exact) mass is 653 g/mol. The molecule has 0 radical (unpaired) electrons. The number of imidazole rings is 1. The molecule has 6 rings (SSSR count). The molecule has 15 heteroatoms. The molecule has 3 N–H and O–H groups in total. The van der Waals surface area contributed by atoms with Crippen LogP contribution in [-0.2, 0) is 15.7 Å². The largest absolute Gasteiger partial charge is 0.480 e.